The zero-order valence-electron chi connectivity index (χ0n) is 8.67. The van der Waals surface area contributed by atoms with E-state index in [-0.39, 0.29) is 6.58 Å². The second-order valence-corrected chi connectivity index (χ2v) is 3.12. The van der Waals surface area contributed by atoms with Crippen molar-refractivity contribution in [1.82, 2.24) is 5.32 Å². The third-order valence-electron chi connectivity index (χ3n) is 1.96. The number of nitrogens with one attached hydrogen (secondary N) is 1. The van der Waals surface area contributed by atoms with Crippen molar-refractivity contribution in [2.24, 2.45) is 0 Å². The molecule has 0 aromatic rings. The maximum atomic E-state index is 10.8. The van der Waals surface area contributed by atoms with Crippen LogP contribution in [0, 0.1) is 6.58 Å². The normalized spacial score (nSPS) is 40.4. The van der Waals surface area contributed by atoms with Gasteiger partial charge in [0.1, 0.15) is 24.9 Å². The van der Waals surface area contributed by atoms with Crippen LogP contribution in [0.15, 0.2) is 0 Å². The summed E-state index contributed by atoms with van der Waals surface area (Å²) in [6.45, 7) is 0.347. The van der Waals surface area contributed by atoms with Crippen molar-refractivity contribution in [3.05, 3.63) is 6.58 Å². The van der Waals surface area contributed by atoms with Crippen LogP contribution in [-0.2, 0) is 9.53 Å². The topological polar surface area (TPSA) is 99.0 Å². The van der Waals surface area contributed by atoms with Gasteiger partial charge in [-0.25, -0.2) is 0 Å². The molecule has 4 atom stereocenters. The third-order valence-corrected chi connectivity index (χ3v) is 1.96. The molecule has 0 saturated carbocycles. The fraction of sp³-hybridized carbons (Fsp3) is 0.750. The number of carbonyl (C=O) groups excluding carboxylic acids is 1. The first-order chi connectivity index (χ1) is 6.97. The summed E-state index contributed by atoms with van der Waals surface area (Å²) < 4.78 is 12.2. The van der Waals surface area contributed by atoms with Crippen LogP contribution in [0.5, 0.6) is 0 Å². The average molecular weight is 205 g/mol. The smallest absolute Gasteiger partial charge is 0.217 e. The standard InChI is InChI=1S/C8H14NO5/c1-4(11)9-5-3-14-6(2-10)8(13)7(5)12/h3,5-8,10,12-13H,2H2,1H3,(H,9,11)/t5-,6+,7+,8+/m0/s1/i3D. The molecule has 1 fully saturated rings. The minimum Gasteiger partial charge on any atom is -0.394 e. The zero-order valence-corrected chi connectivity index (χ0v) is 7.67. The van der Waals surface area contributed by atoms with E-state index >= 15 is 0 Å². The van der Waals surface area contributed by atoms with Crippen molar-refractivity contribution >= 4 is 5.91 Å². The van der Waals surface area contributed by atoms with Crippen molar-refractivity contribution in [2.75, 3.05) is 6.61 Å². The van der Waals surface area contributed by atoms with Crippen molar-refractivity contribution < 1.29 is 26.2 Å². The number of aliphatic hydroxyl groups is 3. The predicted octanol–water partition coefficient (Wildman–Crippen LogP) is -2.23. The van der Waals surface area contributed by atoms with Gasteiger partial charge in [0.25, 0.3) is 0 Å². The van der Waals surface area contributed by atoms with Gasteiger partial charge in [0.05, 0.1) is 14.0 Å². The fourth-order valence-electron chi connectivity index (χ4n) is 1.20. The highest BCUT2D eigenvalue weighted by Gasteiger charge is 2.38. The first kappa shape index (κ1) is 9.85. The molecule has 0 bridgehead atoms. The number of amides is 1. The summed E-state index contributed by atoms with van der Waals surface area (Å²) in [6.07, 6.45) is -3.72. The van der Waals surface area contributed by atoms with E-state index in [2.05, 4.69) is 5.32 Å². The maximum Gasteiger partial charge on any atom is 0.217 e. The van der Waals surface area contributed by atoms with Gasteiger partial charge < -0.3 is 25.4 Å². The number of aliphatic hydroxyl groups excluding tert-OH is 3. The number of hydrogen-bond donors (Lipinski definition) is 4. The lowest BCUT2D eigenvalue weighted by Gasteiger charge is -2.36. The molecule has 1 amide bonds. The van der Waals surface area contributed by atoms with E-state index in [1.165, 1.54) is 6.92 Å². The van der Waals surface area contributed by atoms with Crippen LogP contribution in [0.2, 0.25) is 0 Å². The summed E-state index contributed by atoms with van der Waals surface area (Å²) in [4.78, 5) is 10.8. The summed E-state index contributed by atoms with van der Waals surface area (Å²) in [7, 11) is 0. The van der Waals surface area contributed by atoms with Gasteiger partial charge in [-0.1, -0.05) is 0 Å². The van der Waals surface area contributed by atoms with Crippen molar-refractivity contribution in [3.63, 3.8) is 0 Å². The van der Waals surface area contributed by atoms with Crippen LogP contribution in [0.4, 0.5) is 0 Å². The molecular weight excluding hydrogens is 190 g/mol. The molecule has 1 aliphatic rings. The quantitative estimate of drug-likeness (QED) is 0.409. The molecule has 1 saturated heterocycles. The molecule has 0 aromatic carbocycles. The number of hydrogen-bond acceptors (Lipinski definition) is 5. The molecule has 0 spiro atoms. The van der Waals surface area contributed by atoms with Crippen molar-refractivity contribution in [1.29, 1.82) is 0 Å². The number of ether oxygens (including phenoxy) is 1. The van der Waals surface area contributed by atoms with Crippen LogP contribution in [-0.4, -0.2) is 52.2 Å². The van der Waals surface area contributed by atoms with E-state index in [0.717, 1.165) is 0 Å². The molecule has 1 rings (SSSR count). The molecule has 14 heavy (non-hydrogen) atoms. The fourth-order valence-corrected chi connectivity index (χ4v) is 1.20. The maximum absolute atomic E-state index is 10.8. The summed E-state index contributed by atoms with van der Waals surface area (Å²) in [5, 5.41) is 30.1. The van der Waals surface area contributed by atoms with E-state index in [9.17, 15) is 15.0 Å². The molecule has 4 N–H and O–H groups in total. The lowest BCUT2D eigenvalue weighted by molar-refractivity contribution is -0.144. The monoisotopic (exact) mass is 205 g/mol. The Kier molecular flexibility index (Phi) is 3.30. The average Bonchev–Trinajstić information content (AvgIpc) is 2.18. The highest BCUT2D eigenvalue weighted by molar-refractivity contribution is 5.73. The molecule has 1 heterocycles. The summed E-state index contributed by atoms with van der Waals surface area (Å²) in [5.74, 6) is -0.443. The number of rotatable bonds is 2. The van der Waals surface area contributed by atoms with Gasteiger partial charge in [-0.2, -0.15) is 0 Å². The second kappa shape index (κ2) is 4.70. The van der Waals surface area contributed by atoms with E-state index in [1.54, 1.807) is 0 Å². The van der Waals surface area contributed by atoms with Crippen molar-refractivity contribution in [3.8, 4) is 0 Å². The number of carbonyl (C=O) groups is 1. The minimum absolute atomic E-state index is 0.373. The first-order valence-corrected chi connectivity index (χ1v) is 4.21. The van der Waals surface area contributed by atoms with Crippen molar-refractivity contribution in [2.45, 2.75) is 31.3 Å². The van der Waals surface area contributed by atoms with Gasteiger partial charge in [0, 0.05) is 6.92 Å². The third kappa shape index (κ3) is 2.42. The lowest BCUT2D eigenvalue weighted by Crippen LogP contribution is -2.57. The van der Waals surface area contributed by atoms with Gasteiger partial charge in [0.2, 0.25) is 5.91 Å². The largest absolute Gasteiger partial charge is 0.394 e. The Morgan fingerprint density at radius 2 is 2.29 bits per heavy atom. The Morgan fingerprint density at radius 3 is 2.79 bits per heavy atom. The Labute approximate surface area is 82.9 Å². The van der Waals surface area contributed by atoms with Crippen LogP contribution < -0.4 is 5.32 Å². The summed E-state index contributed by atoms with van der Waals surface area (Å²) >= 11 is 0. The molecular formula is C8H14NO5. The Balaban J connectivity index is 2.70. The summed E-state index contributed by atoms with van der Waals surface area (Å²) in [6, 6.07) is -1.07. The Morgan fingerprint density at radius 1 is 1.64 bits per heavy atom. The summed E-state index contributed by atoms with van der Waals surface area (Å²) in [5.41, 5.74) is 0. The molecule has 6 nitrogen and oxygen atoms in total. The Hall–Kier alpha value is -0.690. The molecule has 0 aromatic heterocycles. The van der Waals surface area contributed by atoms with Crippen LogP contribution in [0.1, 0.15) is 8.29 Å². The van der Waals surface area contributed by atoms with Crippen LogP contribution >= 0.6 is 0 Å². The zero-order chi connectivity index (χ0) is 11.6. The van der Waals surface area contributed by atoms with Gasteiger partial charge >= 0.3 is 0 Å². The van der Waals surface area contributed by atoms with E-state index in [1.807, 2.05) is 0 Å². The van der Waals surface area contributed by atoms with Gasteiger partial charge in [-0.05, 0) is 0 Å². The first-order valence-electron chi connectivity index (χ1n) is 4.71. The predicted molar refractivity (Wildman–Crippen MR) is 45.9 cm³/mol. The second-order valence-electron chi connectivity index (χ2n) is 3.12. The molecule has 0 unspecified atom stereocenters. The lowest BCUT2D eigenvalue weighted by atomic mass is 9.98. The highest BCUT2D eigenvalue weighted by atomic mass is 16.5. The molecule has 1 radical (unpaired) electrons. The minimum atomic E-state index is -1.35. The van der Waals surface area contributed by atoms with E-state index in [0.29, 0.717) is 0 Å². The van der Waals surface area contributed by atoms with Gasteiger partial charge in [-0.15, -0.1) is 0 Å². The highest BCUT2D eigenvalue weighted by Crippen LogP contribution is 2.17. The SMILES string of the molecule is [2H][C]1O[C@H](CO)[C@@H](O)[C@H](O)[C@H]1NC(C)=O. The molecule has 1 aliphatic heterocycles. The van der Waals surface area contributed by atoms with Crippen LogP contribution in [0.3, 0.4) is 0 Å². The van der Waals surface area contributed by atoms with E-state index < -0.39 is 36.9 Å². The molecule has 0 aliphatic carbocycles. The van der Waals surface area contributed by atoms with E-state index in [4.69, 9.17) is 11.2 Å². The van der Waals surface area contributed by atoms with Crippen LogP contribution in [0.25, 0.3) is 0 Å². The molecule has 6 heteroatoms. The van der Waals surface area contributed by atoms with Gasteiger partial charge in [-0.3, -0.25) is 4.79 Å². The Bertz CT molecular complexity index is 239. The molecule has 81 valence electrons. The van der Waals surface area contributed by atoms with Gasteiger partial charge in [0.15, 0.2) is 0 Å².